The minimum atomic E-state index is -5.28. The lowest BCUT2D eigenvalue weighted by atomic mass is 9.95. The van der Waals surface area contributed by atoms with Gasteiger partial charge in [-0.05, 0) is 43.2 Å². The largest absolute Gasteiger partial charge is 0.493 e. The van der Waals surface area contributed by atoms with Crippen molar-refractivity contribution in [2.75, 3.05) is 11.9 Å². The van der Waals surface area contributed by atoms with Crippen LogP contribution < -0.4 is 15.5 Å². The van der Waals surface area contributed by atoms with Crippen molar-refractivity contribution >= 4 is 28.6 Å². The second-order valence-electron chi connectivity index (χ2n) is 8.74. The fourth-order valence-electron chi connectivity index (χ4n) is 4.71. The highest BCUT2D eigenvalue weighted by Gasteiger charge is 2.43. The summed E-state index contributed by atoms with van der Waals surface area (Å²) in [7, 11) is 0. The third-order valence-electron chi connectivity index (χ3n) is 6.38. The maximum Gasteiger partial charge on any atom is 0.493 e. The zero-order valence-electron chi connectivity index (χ0n) is 18.5. The van der Waals surface area contributed by atoms with Gasteiger partial charge in [0.2, 0.25) is 0 Å². The predicted octanol–water partition coefficient (Wildman–Crippen LogP) is 4.39. The number of carbonyl (C=O) groups excluding carboxylic acids is 2. The first-order valence-corrected chi connectivity index (χ1v) is 11.4. The molecule has 1 saturated carbocycles. The Bertz CT molecular complexity index is 1310. The molecule has 7 nitrogen and oxygen atoms in total. The van der Waals surface area contributed by atoms with Crippen LogP contribution in [0.1, 0.15) is 48.2 Å². The van der Waals surface area contributed by atoms with E-state index in [9.17, 15) is 22.8 Å². The van der Waals surface area contributed by atoms with Crippen molar-refractivity contribution in [1.82, 2.24) is 15.0 Å². The number of anilines is 1. The number of nitrogens with one attached hydrogen (secondary N) is 2. The molecule has 1 aliphatic carbocycles. The van der Waals surface area contributed by atoms with Crippen LogP contribution in [0.3, 0.4) is 0 Å². The summed E-state index contributed by atoms with van der Waals surface area (Å²) < 4.78 is 55.0. The summed E-state index contributed by atoms with van der Waals surface area (Å²) in [5.74, 6) is -3.30. The van der Waals surface area contributed by atoms with Crippen LogP contribution in [-0.2, 0) is 11.2 Å². The number of hydrogen-bond acceptors (Lipinski definition) is 5. The highest BCUT2D eigenvalue weighted by atomic mass is 19.4. The van der Waals surface area contributed by atoms with E-state index in [4.69, 9.17) is 0 Å². The molecule has 0 unspecified atom stereocenters. The molecule has 1 fully saturated rings. The first kappa shape index (κ1) is 23.1. The topological polar surface area (TPSA) is 85.2 Å². The molecule has 5 rings (SSSR count). The molecule has 2 aromatic heterocycles. The first-order valence-electron chi connectivity index (χ1n) is 11.4. The Morgan fingerprint density at radius 1 is 1.14 bits per heavy atom. The van der Waals surface area contributed by atoms with E-state index in [1.54, 1.807) is 12.1 Å². The standard InChI is InChI=1S/C24H22F4N4O3/c25-16-8-6-13-7-9-19(30-14-4-2-1-3-5-14)31-21(13)20(16)18-12-15-17(10-11-29-22(15)33)32(18)35-23(34)24(26,27)28/h6-9,12,14H,1-5,10-11H2,(H,29,33)(H,30,31). The molecular weight excluding hydrogens is 468 g/mol. The highest BCUT2D eigenvalue weighted by Crippen LogP contribution is 2.35. The average Bonchev–Trinajstić information content (AvgIpc) is 3.18. The lowest BCUT2D eigenvalue weighted by Crippen LogP contribution is -2.37. The van der Waals surface area contributed by atoms with Crippen molar-refractivity contribution in [1.29, 1.82) is 0 Å². The molecule has 2 aliphatic rings. The van der Waals surface area contributed by atoms with Crippen molar-refractivity contribution in [3.8, 4) is 11.3 Å². The molecule has 35 heavy (non-hydrogen) atoms. The van der Waals surface area contributed by atoms with Gasteiger partial charge in [-0.25, -0.2) is 14.2 Å². The van der Waals surface area contributed by atoms with Crippen molar-refractivity contribution in [3.63, 3.8) is 0 Å². The van der Waals surface area contributed by atoms with E-state index < -0.39 is 23.9 Å². The Morgan fingerprint density at radius 2 is 1.89 bits per heavy atom. The van der Waals surface area contributed by atoms with Gasteiger partial charge in [-0.1, -0.05) is 19.3 Å². The van der Waals surface area contributed by atoms with Crippen LogP contribution >= 0.6 is 0 Å². The minimum Gasteiger partial charge on any atom is -0.367 e. The van der Waals surface area contributed by atoms with Crippen molar-refractivity contribution in [3.05, 3.63) is 47.4 Å². The van der Waals surface area contributed by atoms with Gasteiger partial charge in [0, 0.05) is 24.4 Å². The summed E-state index contributed by atoms with van der Waals surface area (Å²) in [6.07, 6.45) is 0.137. The van der Waals surface area contributed by atoms with Gasteiger partial charge >= 0.3 is 12.1 Å². The quantitative estimate of drug-likeness (QED) is 0.530. The molecule has 184 valence electrons. The molecule has 3 heterocycles. The van der Waals surface area contributed by atoms with Gasteiger partial charge in [-0.15, -0.1) is 0 Å². The van der Waals surface area contributed by atoms with Crippen LogP contribution in [0.4, 0.5) is 23.4 Å². The number of amides is 1. The minimum absolute atomic E-state index is 0.00844. The van der Waals surface area contributed by atoms with Crippen LogP contribution in [0.2, 0.25) is 0 Å². The molecule has 0 saturated heterocycles. The number of hydrogen-bond donors (Lipinski definition) is 2. The number of benzene rings is 1. The maximum atomic E-state index is 15.3. The number of carbonyl (C=O) groups is 2. The number of rotatable bonds is 4. The second kappa shape index (κ2) is 8.86. The maximum absolute atomic E-state index is 15.3. The van der Waals surface area contributed by atoms with E-state index in [1.165, 1.54) is 18.6 Å². The Labute approximate surface area is 197 Å². The molecule has 0 atom stereocenters. The van der Waals surface area contributed by atoms with Crippen LogP contribution in [0.5, 0.6) is 0 Å². The number of fused-ring (bicyclic) bond motifs is 2. The summed E-state index contributed by atoms with van der Waals surface area (Å²) in [6, 6.07) is 7.62. The molecule has 0 bridgehead atoms. The van der Waals surface area contributed by atoms with Crippen LogP contribution in [0.25, 0.3) is 22.2 Å². The summed E-state index contributed by atoms with van der Waals surface area (Å²) >= 11 is 0. The number of nitrogens with zero attached hydrogens (tertiary/aromatic N) is 2. The zero-order chi connectivity index (χ0) is 24.7. The Kier molecular flexibility index (Phi) is 5.86. The van der Waals surface area contributed by atoms with Crippen LogP contribution in [0, 0.1) is 5.82 Å². The fourth-order valence-corrected chi connectivity index (χ4v) is 4.71. The predicted molar refractivity (Wildman–Crippen MR) is 119 cm³/mol. The molecule has 0 radical (unpaired) electrons. The number of pyridine rings is 1. The van der Waals surface area contributed by atoms with E-state index in [-0.39, 0.29) is 47.0 Å². The zero-order valence-corrected chi connectivity index (χ0v) is 18.5. The van der Waals surface area contributed by atoms with Crippen molar-refractivity contribution in [2.24, 2.45) is 0 Å². The third-order valence-corrected chi connectivity index (χ3v) is 6.38. The first-order chi connectivity index (χ1) is 16.7. The number of halogens is 4. The van der Waals surface area contributed by atoms with Gasteiger partial charge in [0.1, 0.15) is 11.6 Å². The monoisotopic (exact) mass is 490 g/mol. The van der Waals surface area contributed by atoms with Gasteiger partial charge < -0.3 is 15.5 Å². The summed E-state index contributed by atoms with van der Waals surface area (Å²) in [6.45, 7) is 0.130. The Hall–Kier alpha value is -3.63. The summed E-state index contributed by atoms with van der Waals surface area (Å²) in [5, 5.41) is 6.48. The van der Waals surface area contributed by atoms with Gasteiger partial charge in [-0.2, -0.15) is 17.9 Å². The Balaban J connectivity index is 1.66. The van der Waals surface area contributed by atoms with Crippen molar-refractivity contribution in [2.45, 2.75) is 50.7 Å². The molecule has 11 heteroatoms. The Morgan fingerprint density at radius 3 is 2.63 bits per heavy atom. The van der Waals surface area contributed by atoms with E-state index in [1.807, 2.05) is 0 Å². The summed E-state index contributed by atoms with van der Waals surface area (Å²) in [5.41, 5.74) is -0.129. The van der Waals surface area contributed by atoms with E-state index in [2.05, 4.69) is 20.5 Å². The van der Waals surface area contributed by atoms with Gasteiger partial charge in [0.05, 0.1) is 28.0 Å². The number of alkyl halides is 3. The lowest BCUT2D eigenvalue weighted by Gasteiger charge is -2.23. The highest BCUT2D eigenvalue weighted by molar-refractivity contribution is 6.00. The molecule has 1 amide bonds. The van der Waals surface area contributed by atoms with E-state index in [0.717, 1.165) is 31.7 Å². The normalized spacial score (nSPS) is 16.6. The van der Waals surface area contributed by atoms with Crippen molar-refractivity contribution < 1.29 is 32.0 Å². The molecule has 1 aromatic carbocycles. The molecule has 2 N–H and O–H groups in total. The molecule has 3 aromatic rings. The SMILES string of the molecule is O=C1NCCc2c1cc(-c1c(F)ccc3ccc(NC4CCCCC4)nc13)n2OC(=O)C(F)(F)F. The average molecular weight is 490 g/mol. The van der Waals surface area contributed by atoms with E-state index >= 15 is 4.39 Å². The molecular formula is C24H22F4N4O3. The van der Waals surface area contributed by atoms with Crippen LogP contribution in [-0.4, -0.2) is 40.4 Å². The smallest absolute Gasteiger partial charge is 0.367 e. The number of aromatic nitrogens is 2. The molecule has 0 spiro atoms. The van der Waals surface area contributed by atoms with Gasteiger partial charge in [0.25, 0.3) is 5.91 Å². The van der Waals surface area contributed by atoms with E-state index in [0.29, 0.717) is 15.9 Å². The fraction of sp³-hybridized carbons (Fsp3) is 0.375. The third kappa shape index (κ3) is 4.42. The van der Waals surface area contributed by atoms with Gasteiger partial charge in [-0.3, -0.25) is 4.79 Å². The lowest BCUT2D eigenvalue weighted by molar-refractivity contribution is -0.199. The second-order valence-corrected chi connectivity index (χ2v) is 8.74. The van der Waals surface area contributed by atoms with Gasteiger partial charge in [0.15, 0.2) is 0 Å². The molecule has 1 aliphatic heterocycles. The van der Waals surface area contributed by atoms with Crippen LogP contribution in [0.15, 0.2) is 30.3 Å². The summed E-state index contributed by atoms with van der Waals surface area (Å²) in [4.78, 5) is 33.3.